The van der Waals surface area contributed by atoms with Crippen LogP contribution in [0.25, 0.3) is 0 Å². The second-order valence-electron chi connectivity index (χ2n) is 6.45. The minimum atomic E-state index is -0.679. The molecule has 0 aliphatic rings. The number of rotatable bonds is 7. The molecule has 0 aliphatic carbocycles. The molecule has 0 radical (unpaired) electrons. The SMILES string of the molecule is CCn1c(=O)c(C(=O)CNc2ccc(Cl)cc2)c(N)n(Cc2ccccc2)c1=O. The number of Topliss-reactive ketones (excluding diaryl/α,β-unsaturated/α-hetero) is 1. The molecule has 29 heavy (non-hydrogen) atoms. The van der Waals surface area contributed by atoms with Gasteiger partial charge in [0.15, 0.2) is 5.78 Å². The number of hydrogen-bond donors (Lipinski definition) is 2. The van der Waals surface area contributed by atoms with Crippen LogP contribution in [0.5, 0.6) is 0 Å². The number of carbonyl (C=O) groups is 1. The van der Waals surface area contributed by atoms with Gasteiger partial charge in [0, 0.05) is 17.3 Å². The van der Waals surface area contributed by atoms with Crippen molar-refractivity contribution in [2.75, 3.05) is 17.6 Å². The third kappa shape index (κ3) is 4.41. The van der Waals surface area contributed by atoms with Crippen molar-refractivity contribution in [1.29, 1.82) is 0 Å². The zero-order valence-electron chi connectivity index (χ0n) is 15.9. The molecule has 1 aromatic heterocycles. The first kappa shape index (κ1) is 20.4. The van der Waals surface area contributed by atoms with Crippen LogP contribution in [0.4, 0.5) is 11.5 Å². The molecule has 0 bridgehead atoms. The van der Waals surface area contributed by atoms with Crippen LogP contribution in [-0.2, 0) is 13.1 Å². The van der Waals surface area contributed by atoms with Crippen molar-refractivity contribution in [3.63, 3.8) is 0 Å². The van der Waals surface area contributed by atoms with E-state index in [0.717, 1.165) is 10.1 Å². The van der Waals surface area contributed by atoms with Crippen LogP contribution in [-0.4, -0.2) is 21.5 Å². The second kappa shape index (κ2) is 8.79. The Hall–Kier alpha value is -3.32. The van der Waals surface area contributed by atoms with Crippen molar-refractivity contribution in [1.82, 2.24) is 9.13 Å². The molecule has 7 nitrogen and oxygen atoms in total. The van der Waals surface area contributed by atoms with E-state index in [1.54, 1.807) is 31.2 Å². The molecule has 0 unspecified atom stereocenters. The summed E-state index contributed by atoms with van der Waals surface area (Å²) in [5.74, 6) is -0.622. The standard InChI is InChI=1S/C21H21ClN4O3/c1-2-25-20(28)18(17(27)12-24-16-10-8-15(22)9-11-16)19(23)26(21(25)29)13-14-6-4-3-5-7-14/h3-11,24H,2,12-13,23H2,1H3. The Balaban J connectivity index is 1.97. The van der Waals surface area contributed by atoms with Gasteiger partial charge in [0.2, 0.25) is 0 Å². The Morgan fingerprint density at radius 1 is 1.03 bits per heavy atom. The molecular formula is C21H21ClN4O3. The van der Waals surface area contributed by atoms with Crippen molar-refractivity contribution in [3.8, 4) is 0 Å². The van der Waals surface area contributed by atoms with Gasteiger partial charge in [-0.25, -0.2) is 4.79 Å². The van der Waals surface area contributed by atoms with E-state index in [9.17, 15) is 14.4 Å². The number of halogens is 1. The Kier molecular flexibility index (Phi) is 6.19. The fourth-order valence-corrected chi connectivity index (χ4v) is 3.14. The first-order valence-corrected chi connectivity index (χ1v) is 9.49. The minimum absolute atomic E-state index is 0.128. The lowest BCUT2D eigenvalue weighted by molar-refractivity contribution is 0.100. The summed E-state index contributed by atoms with van der Waals surface area (Å²) in [6.45, 7) is 1.83. The number of nitrogen functional groups attached to an aromatic ring is 1. The van der Waals surface area contributed by atoms with Crippen molar-refractivity contribution >= 4 is 28.9 Å². The largest absolute Gasteiger partial charge is 0.384 e. The van der Waals surface area contributed by atoms with Crippen LogP contribution in [0.15, 0.2) is 64.2 Å². The van der Waals surface area contributed by atoms with Gasteiger partial charge in [-0.3, -0.25) is 18.7 Å². The first-order chi connectivity index (χ1) is 13.9. The molecule has 0 saturated heterocycles. The van der Waals surface area contributed by atoms with Gasteiger partial charge in [0.05, 0.1) is 13.1 Å². The van der Waals surface area contributed by atoms with E-state index in [-0.39, 0.29) is 31.0 Å². The Labute approximate surface area is 172 Å². The number of anilines is 2. The van der Waals surface area contributed by atoms with Crippen LogP contribution < -0.4 is 22.3 Å². The number of nitrogens with zero attached hydrogens (tertiary/aromatic N) is 2. The van der Waals surface area contributed by atoms with Crippen LogP contribution in [0.1, 0.15) is 22.8 Å². The lowest BCUT2D eigenvalue weighted by Crippen LogP contribution is -2.44. The number of hydrogen-bond acceptors (Lipinski definition) is 5. The average molecular weight is 413 g/mol. The maximum Gasteiger partial charge on any atom is 0.332 e. The molecule has 3 rings (SSSR count). The Morgan fingerprint density at radius 3 is 2.31 bits per heavy atom. The van der Waals surface area contributed by atoms with E-state index in [1.165, 1.54) is 4.57 Å². The number of aromatic nitrogens is 2. The van der Waals surface area contributed by atoms with Crippen LogP contribution in [0.3, 0.4) is 0 Å². The van der Waals surface area contributed by atoms with Crippen molar-refractivity contribution < 1.29 is 4.79 Å². The zero-order chi connectivity index (χ0) is 21.0. The van der Waals surface area contributed by atoms with Gasteiger partial charge in [0.1, 0.15) is 11.4 Å². The predicted octanol–water partition coefficient (Wildman–Crippen LogP) is 2.61. The minimum Gasteiger partial charge on any atom is -0.384 e. The fraction of sp³-hybridized carbons (Fsp3) is 0.190. The van der Waals surface area contributed by atoms with Gasteiger partial charge < -0.3 is 11.1 Å². The van der Waals surface area contributed by atoms with E-state index in [0.29, 0.717) is 10.7 Å². The molecule has 0 spiro atoms. The summed E-state index contributed by atoms with van der Waals surface area (Å²) in [6, 6.07) is 16.1. The zero-order valence-corrected chi connectivity index (χ0v) is 16.6. The lowest BCUT2D eigenvalue weighted by atomic mass is 10.1. The number of nitrogens with one attached hydrogen (secondary N) is 1. The van der Waals surface area contributed by atoms with Crippen molar-refractivity contribution in [2.24, 2.45) is 0 Å². The molecule has 0 aliphatic heterocycles. The summed E-state index contributed by atoms with van der Waals surface area (Å²) < 4.78 is 2.28. The van der Waals surface area contributed by atoms with Gasteiger partial charge in [-0.05, 0) is 36.8 Å². The topological polar surface area (TPSA) is 99.1 Å². The highest BCUT2D eigenvalue weighted by Crippen LogP contribution is 2.14. The van der Waals surface area contributed by atoms with Gasteiger partial charge in [-0.15, -0.1) is 0 Å². The quantitative estimate of drug-likeness (QED) is 0.581. The molecule has 3 aromatic rings. The Bertz CT molecular complexity index is 1140. The number of carbonyl (C=O) groups excluding carboxylic acids is 1. The smallest absolute Gasteiger partial charge is 0.332 e. The molecule has 0 amide bonds. The third-order valence-corrected chi connectivity index (χ3v) is 4.80. The lowest BCUT2D eigenvalue weighted by Gasteiger charge is -2.16. The average Bonchev–Trinajstić information content (AvgIpc) is 2.72. The van der Waals surface area contributed by atoms with E-state index >= 15 is 0 Å². The van der Waals surface area contributed by atoms with E-state index < -0.39 is 17.0 Å². The summed E-state index contributed by atoms with van der Waals surface area (Å²) in [5.41, 5.74) is 6.23. The molecule has 8 heteroatoms. The molecule has 0 saturated carbocycles. The monoisotopic (exact) mass is 412 g/mol. The first-order valence-electron chi connectivity index (χ1n) is 9.12. The van der Waals surface area contributed by atoms with Crippen molar-refractivity contribution in [2.45, 2.75) is 20.0 Å². The van der Waals surface area contributed by atoms with Crippen LogP contribution >= 0.6 is 11.6 Å². The number of benzene rings is 2. The second-order valence-corrected chi connectivity index (χ2v) is 6.88. The predicted molar refractivity (Wildman–Crippen MR) is 115 cm³/mol. The molecule has 3 N–H and O–H groups in total. The van der Waals surface area contributed by atoms with E-state index in [1.807, 2.05) is 30.3 Å². The van der Waals surface area contributed by atoms with Gasteiger partial charge in [0.25, 0.3) is 5.56 Å². The Morgan fingerprint density at radius 2 is 1.69 bits per heavy atom. The highest BCUT2D eigenvalue weighted by Gasteiger charge is 2.22. The molecule has 150 valence electrons. The molecule has 0 fully saturated rings. The third-order valence-electron chi connectivity index (χ3n) is 4.54. The number of nitrogens with two attached hydrogens (primary N) is 1. The maximum absolute atomic E-state index is 12.8. The molecule has 1 heterocycles. The van der Waals surface area contributed by atoms with Crippen molar-refractivity contribution in [3.05, 3.63) is 91.6 Å². The number of ketones is 1. The summed E-state index contributed by atoms with van der Waals surface area (Å²) in [6.07, 6.45) is 0. The van der Waals surface area contributed by atoms with Crippen LogP contribution in [0.2, 0.25) is 5.02 Å². The molecule has 2 aromatic carbocycles. The summed E-state index contributed by atoms with van der Waals surface area (Å²) >= 11 is 5.86. The van der Waals surface area contributed by atoms with Gasteiger partial charge in [-0.1, -0.05) is 41.9 Å². The van der Waals surface area contributed by atoms with Gasteiger partial charge >= 0.3 is 5.69 Å². The fourth-order valence-electron chi connectivity index (χ4n) is 3.01. The maximum atomic E-state index is 12.8. The normalized spacial score (nSPS) is 10.7. The molecular weight excluding hydrogens is 392 g/mol. The highest BCUT2D eigenvalue weighted by atomic mass is 35.5. The summed E-state index contributed by atoms with van der Waals surface area (Å²) in [7, 11) is 0. The van der Waals surface area contributed by atoms with Gasteiger partial charge in [-0.2, -0.15) is 0 Å². The van der Waals surface area contributed by atoms with E-state index in [2.05, 4.69) is 5.32 Å². The summed E-state index contributed by atoms with van der Waals surface area (Å²) in [5, 5.41) is 3.52. The van der Waals surface area contributed by atoms with E-state index in [4.69, 9.17) is 17.3 Å². The highest BCUT2D eigenvalue weighted by molar-refractivity contribution is 6.30. The molecule has 0 atom stereocenters. The van der Waals surface area contributed by atoms with Crippen LogP contribution in [0, 0.1) is 0 Å². The summed E-state index contributed by atoms with van der Waals surface area (Å²) in [4.78, 5) is 38.3.